The molecule has 1 aliphatic heterocycles. The average Bonchev–Trinajstić information content (AvgIpc) is 3.34. The maximum atomic E-state index is 12.8. The van der Waals surface area contributed by atoms with Gasteiger partial charge in [0.25, 0.3) is 0 Å². The number of hydrogen-bond acceptors (Lipinski definition) is 5. The van der Waals surface area contributed by atoms with Crippen molar-refractivity contribution in [3.8, 4) is 0 Å². The number of guanidine groups is 1. The number of aromatic nitrogens is 4. The third-order valence-electron chi connectivity index (χ3n) is 4.74. The Morgan fingerprint density at radius 1 is 1.35 bits per heavy atom. The summed E-state index contributed by atoms with van der Waals surface area (Å²) >= 11 is 6.08. The minimum atomic E-state index is -4.47. The first-order valence-corrected chi connectivity index (χ1v) is 10.1. The highest BCUT2D eigenvalue weighted by Crippen LogP contribution is 2.34. The van der Waals surface area contributed by atoms with E-state index in [9.17, 15) is 13.2 Å². The predicted molar refractivity (Wildman–Crippen MR) is 124 cm³/mol. The number of anilines is 1. The quantitative estimate of drug-likeness (QED) is 0.314. The van der Waals surface area contributed by atoms with Crippen LogP contribution in [-0.4, -0.2) is 51.4 Å². The van der Waals surface area contributed by atoms with Crippen LogP contribution in [0.5, 0.6) is 0 Å². The van der Waals surface area contributed by atoms with Crippen LogP contribution in [0.3, 0.4) is 0 Å². The number of halogens is 5. The minimum absolute atomic E-state index is 0. The Hall–Kier alpha value is -1.83. The molecule has 1 fully saturated rings. The van der Waals surface area contributed by atoms with Crippen molar-refractivity contribution in [3.05, 3.63) is 35.0 Å². The van der Waals surface area contributed by atoms with E-state index in [1.807, 2.05) is 23.3 Å². The van der Waals surface area contributed by atoms with Crippen molar-refractivity contribution >= 4 is 47.4 Å². The van der Waals surface area contributed by atoms with Gasteiger partial charge in [0.15, 0.2) is 11.8 Å². The molecule has 0 saturated carbocycles. The molecule has 3 rings (SSSR count). The molecule has 13 heteroatoms. The van der Waals surface area contributed by atoms with Crippen molar-refractivity contribution in [1.29, 1.82) is 0 Å². The van der Waals surface area contributed by atoms with E-state index in [-0.39, 0.29) is 35.0 Å². The lowest BCUT2D eigenvalue weighted by Gasteiger charge is -2.21. The van der Waals surface area contributed by atoms with Gasteiger partial charge in [0.05, 0.1) is 10.6 Å². The molecule has 0 radical (unpaired) electrons. The van der Waals surface area contributed by atoms with Crippen molar-refractivity contribution < 1.29 is 13.2 Å². The molecule has 1 unspecified atom stereocenters. The van der Waals surface area contributed by atoms with Crippen LogP contribution in [0.2, 0.25) is 5.02 Å². The topological polar surface area (TPSA) is 83.3 Å². The van der Waals surface area contributed by atoms with Gasteiger partial charge in [-0.05, 0) is 26.3 Å². The molecule has 1 saturated heterocycles. The average molecular weight is 573 g/mol. The lowest BCUT2D eigenvalue weighted by molar-refractivity contribution is -0.137. The van der Waals surface area contributed by atoms with Crippen molar-refractivity contribution in [2.75, 3.05) is 24.5 Å². The third kappa shape index (κ3) is 6.57. The second kappa shape index (κ2) is 11.2. The highest BCUT2D eigenvalue weighted by atomic mass is 127. The summed E-state index contributed by atoms with van der Waals surface area (Å²) in [5, 5.41) is 14.5. The first kappa shape index (κ1) is 25.4. The van der Waals surface area contributed by atoms with E-state index in [0.717, 1.165) is 31.1 Å². The van der Waals surface area contributed by atoms with E-state index in [2.05, 4.69) is 30.8 Å². The van der Waals surface area contributed by atoms with Crippen LogP contribution < -0.4 is 15.5 Å². The number of hydrogen-bond donors (Lipinski definition) is 2. The second-order valence-corrected chi connectivity index (χ2v) is 7.24. The monoisotopic (exact) mass is 572 g/mol. The Morgan fingerprint density at radius 2 is 2.13 bits per heavy atom. The van der Waals surface area contributed by atoms with E-state index < -0.39 is 11.7 Å². The van der Waals surface area contributed by atoms with Crippen molar-refractivity contribution in [3.63, 3.8) is 0 Å². The molecule has 0 aromatic carbocycles. The zero-order chi connectivity index (χ0) is 21.7. The van der Waals surface area contributed by atoms with Gasteiger partial charge in [-0.3, -0.25) is 0 Å². The van der Waals surface area contributed by atoms with Gasteiger partial charge in [-0.2, -0.15) is 13.2 Å². The van der Waals surface area contributed by atoms with Crippen LogP contribution in [0.15, 0.2) is 23.6 Å². The maximum Gasteiger partial charge on any atom is 0.417 e. The summed E-state index contributed by atoms with van der Waals surface area (Å²) in [5.74, 6) is 1.76. The van der Waals surface area contributed by atoms with Gasteiger partial charge in [0.1, 0.15) is 18.7 Å². The lowest BCUT2D eigenvalue weighted by atomic mass is 10.2. The lowest BCUT2D eigenvalue weighted by Crippen LogP contribution is -2.44. The fourth-order valence-corrected chi connectivity index (χ4v) is 3.50. The van der Waals surface area contributed by atoms with E-state index in [1.165, 1.54) is 0 Å². The van der Waals surface area contributed by atoms with E-state index in [0.29, 0.717) is 38.0 Å². The molecule has 1 aliphatic rings. The Labute approximate surface area is 200 Å². The zero-order valence-electron chi connectivity index (χ0n) is 17.2. The Morgan fingerprint density at radius 3 is 2.77 bits per heavy atom. The minimum Gasteiger partial charge on any atom is -0.357 e. The number of alkyl halides is 3. The Kier molecular flexibility index (Phi) is 9.15. The van der Waals surface area contributed by atoms with E-state index >= 15 is 0 Å². The number of nitrogens with zero attached hydrogens (tertiary/aromatic N) is 6. The summed E-state index contributed by atoms with van der Waals surface area (Å²) < 4.78 is 40.4. The molecule has 8 nitrogen and oxygen atoms in total. The molecular formula is C18H25ClF3IN8. The Bertz CT molecular complexity index is 889. The highest BCUT2D eigenvalue weighted by Gasteiger charge is 2.33. The summed E-state index contributed by atoms with van der Waals surface area (Å²) in [6.07, 6.45) is -1.21. The van der Waals surface area contributed by atoms with Gasteiger partial charge >= 0.3 is 6.18 Å². The molecule has 0 aliphatic carbocycles. The largest absolute Gasteiger partial charge is 0.417 e. The number of aryl methyl sites for hydroxylation is 1. The number of aliphatic imine (C=N–C) groups is 1. The number of pyridine rings is 1. The SMILES string of the molecule is CCNC(=NCc1nncn1CC)NC1CCN(c2ncc(C(F)(F)F)cc2Cl)C1.I. The summed E-state index contributed by atoms with van der Waals surface area (Å²) in [6, 6.07) is 0.965. The predicted octanol–water partition coefficient (Wildman–Crippen LogP) is 3.32. The first-order chi connectivity index (χ1) is 14.3. The van der Waals surface area contributed by atoms with Crippen LogP contribution in [0, 0.1) is 0 Å². The van der Waals surface area contributed by atoms with Gasteiger partial charge in [0.2, 0.25) is 0 Å². The molecular weight excluding hydrogens is 548 g/mol. The molecule has 3 heterocycles. The van der Waals surface area contributed by atoms with Gasteiger partial charge < -0.3 is 20.1 Å². The number of rotatable bonds is 6. The normalized spacial score (nSPS) is 16.9. The first-order valence-electron chi connectivity index (χ1n) is 9.71. The summed E-state index contributed by atoms with van der Waals surface area (Å²) in [7, 11) is 0. The van der Waals surface area contributed by atoms with Crippen LogP contribution in [0.25, 0.3) is 0 Å². The molecule has 2 aromatic rings. The number of nitrogens with one attached hydrogen (secondary N) is 2. The van der Waals surface area contributed by atoms with E-state index in [4.69, 9.17) is 11.6 Å². The molecule has 1 atom stereocenters. The van der Waals surface area contributed by atoms with Gasteiger partial charge in [-0.15, -0.1) is 34.2 Å². The summed E-state index contributed by atoms with van der Waals surface area (Å²) in [5.41, 5.74) is -0.855. The highest BCUT2D eigenvalue weighted by molar-refractivity contribution is 14.0. The second-order valence-electron chi connectivity index (χ2n) is 6.83. The fraction of sp³-hybridized carbons (Fsp3) is 0.556. The summed E-state index contributed by atoms with van der Waals surface area (Å²) in [6.45, 7) is 6.99. The van der Waals surface area contributed by atoms with Gasteiger partial charge in [0, 0.05) is 38.4 Å². The van der Waals surface area contributed by atoms with Crippen molar-refractivity contribution in [2.24, 2.45) is 4.99 Å². The summed E-state index contributed by atoms with van der Waals surface area (Å²) in [4.78, 5) is 10.4. The van der Waals surface area contributed by atoms with Gasteiger partial charge in [-0.25, -0.2) is 9.98 Å². The maximum absolute atomic E-state index is 12.8. The Balaban J connectivity index is 0.00000341. The third-order valence-corrected chi connectivity index (χ3v) is 5.02. The molecule has 0 spiro atoms. The molecule has 2 aromatic heterocycles. The van der Waals surface area contributed by atoms with Crippen molar-refractivity contribution in [1.82, 2.24) is 30.4 Å². The molecule has 172 valence electrons. The molecule has 0 amide bonds. The van der Waals surface area contributed by atoms with Gasteiger partial charge in [-0.1, -0.05) is 11.6 Å². The smallest absolute Gasteiger partial charge is 0.357 e. The van der Waals surface area contributed by atoms with Crippen LogP contribution in [-0.2, 0) is 19.3 Å². The van der Waals surface area contributed by atoms with Crippen LogP contribution in [0.4, 0.5) is 19.0 Å². The standard InChI is InChI=1S/C18H24ClF3N8.HI/c1-3-23-17(25-9-15-28-26-11-29(15)4-2)27-13-5-6-30(10-13)16-14(19)7-12(8-24-16)18(20,21)22;/h7-8,11,13H,3-6,9-10H2,1-2H3,(H2,23,25,27);1H. The van der Waals surface area contributed by atoms with Crippen molar-refractivity contribution in [2.45, 2.75) is 45.6 Å². The molecule has 0 bridgehead atoms. The molecule has 31 heavy (non-hydrogen) atoms. The van der Waals surface area contributed by atoms with Crippen LogP contribution >= 0.6 is 35.6 Å². The van der Waals surface area contributed by atoms with Crippen LogP contribution in [0.1, 0.15) is 31.7 Å². The zero-order valence-corrected chi connectivity index (χ0v) is 20.2. The molecule has 2 N–H and O–H groups in total. The van der Waals surface area contributed by atoms with E-state index in [1.54, 1.807) is 6.33 Å². The fourth-order valence-electron chi connectivity index (χ4n) is 3.22.